The van der Waals surface area contributed by atoms with E-state index in [1.807, 2.05) is 6.20 Å². The Morgan fingerprint density at radius 2 is 1.96 bits per heavy atom. The van der Waals surface area contributed by atoms with Crippen molar-refractivity contribution in [1.29, 1.82) is 0 Å². The van der Waals surface area contributed by atoms with Crippen LogP contribution in [0.25, 0.3) is 5.84 Å². The monoisotopic (exact) mass is 321 g/mol. The Balaban J connectivity index is 1.78. The van der Waals surface area contributed by atoms with Crippen molar-refractivity contribution in [3.05, 3.63) is 53.7 Å². The summed E-state index contributed by atoms with van der Waals surface area (Å²) >= 11 is 0. The third-order valence-electron chi connectivity index (χ3n) is 6.01. The molecular formula is C20H23N3O. The molecule has 0 radical (unpaired) electrons. The quantitative estimate of drug-likeness (QED) is 0.634. The number of rotatable bonds is 1. The molecule has 5 rings (SSSR count). The summed E-state index contributed by atoms with van der Waals surface area (Å²) in [6.07, 6.45) is 10.2. The van der Waals surface area contributed by atoms with Crippen molar-refractivity contribution in [3.8, 4) is 0 Å². The summed E-state index contributed by atoms with van der Waals surface area (Å²) in [6, 6.07) is 8.99. The SMILES string of the molecule is Cc1ccccc1N1C(C)c2oc3nccn3c2C12CCCCC2. The first-order chi connectivity index (χ1) is 11.7. The van der Waals surface area contributed by atoms with E-state index in [9.17, 15) is 0 Å². The fraction of sp³-hybridized carbons (Fsp3) is 0.450. The van der Waals surface area contributed by atoms with E-state index in [0.29, 0.717) is 0 Å². The van der Waals surface area contributed by atoms with Crippen LogP contribution in [-0.4, -0.2) is 9.38 Å². The summed E-state index contributed by atoms with van der Waals surface area (Å²) in [4.78, 5) is 7.02. The number of hydrogen-bond acceptors (Lipinski definition) is 3. The molecule has 1 aliphatic heterocycles. The Bertz CT molecular complexity index is 901. The Morgan fingerprint density at radius 1 is 1.17 bits per heavy atom. The lowest BCUT2D eigenvalue weighted by atomic mass is 9.79. The maximum absolute atomic E-state index is 6.19. The van der Waals surface area contributed by atoms with Crippen LogP contribution in [0.3, 0.4) is 0 Å². The van der Waals surface area contributed by atoms with Gasteiger partial charge in [0.1, 0.15) is 0 Å². The summed E-state index contributed by atoms with van der Waals surface area (Å²) in [7, 11) is 0. The normalized spacial score (nSPS) is 22.4. The van der Waals surface area contributed by atoms with Gasteiger partial charge in [0.2, 0.25) is 0 Å². The smallest absolute Gasteiger partial charge is 0.306 e. The van der Waals surface area contributed by atoms with E-state index in [1.54, 1.807) is 0 Å². The average molecular weight is 321 g/mol. The second-order valence-electron chi connectivity index (χ2n) is 7.32. The number of nitrogens with zero attached hydrogens (tertiary/aromatic N) is 3. The van der Waals surface area contributed by atoms with Crippen LogP contribution in [0.4, 0.5) is 5.69 Å². The number of aromatic nitrogens is 2. The lowest BCUT2D eigenvalue weighted by Gasteiger charge is -2.45. The van der Waals surface area contributed by atoms with Gasteiger partial charge < -0.3 is 9.32 Å². The van der Waals surface area contributed by atoms with Gasteiger partial charge in [0.15, 0.2) is 5.76 Å². The van der Waals surface area contributed by atoms with Gasteiger partial charge in [-0.05, 0) is 38.3 Å². The maximum Gasteiger partial charge on any atom is 0.306 e. The van der Waals surface area contributed by atoms with Crippen molar-refractivity contribution in [1.82, 2.24) is 9.38 Å². The third kappa shape index (κ3) is 1.66. The molecule has 1 aromatic carbocycles. The summed E-state index contributed by atoms with van der Waals surface area (Å²) < 4.78 is 8.38. The molecule has 2 aliphatic rings. The Hall–Kier alpha value is -2.23. The molecular weight excluding hydrogens is 298 g/mol. The van der Waals surface area contributed by atoms with Crippen LogP contribution in [0, 0.1) is 6.92 Å². The van der Waals surface area contributed by atoms with Crippen molar-refractivity contribution in [2.45, 2.75) is 57.5 Å². The van der Waals surface area contributed by atoms with E-state index in [2.05, 4.69) is 58.6 Å². The average Bonchev–Trinajstić information content (AvgIpc) is 3.22. The molecule has 1 aliphatic carbocycles. The second-order valence-corrected chi connectivity index (χ2v) is 7.32. The minimum atomic E-state index is 0.0328. The van der Waals surface area contributed by atoms with Gasteiger partial charge in [-0.25, -0.2) is 4.98 Å². The van der Waals surface area contributed by atoms with E-state index in [0.717, 1.165) is 11.6 Å². The molecule has 0 amide bonds. The number of imidazole rings is 1. The Labute approximate surface area is 142 Å². The van der Waals surface area contributed by atoms with Crippen LogP contribution in [0.15, 0.2) is 41.1 Å². The molecule has 24 heavy (non-hydrogen) atoms. The molecule has 1 fully saturated rings. The van der Waals surface area contributed by atoms with Gasteiger partial charge in [-0.3, -0.25) is 4.40 Å². The number of para-hydroxylation sites is 1. The van der Waals surface area contributed by atoms with Gasteiger partial charge >= 0.3 is 5.84 Å². The van der Waals surface area contributed by atoms with Crippen LogP contribution >= 0.6 is 0 Å². The Morgan fingerprint density at radius 3 is 2.75 bits per heavy atom. The highest BCUT2D eigenvalue weighted by atomic mass is 16.4. The zero-order valence-electron chi connectivity index (χ0n) is 14.3. The fourth-order valence-corrected chi connectivity index (χ4v) is 5.03. The van der Waals surface area contributed by atoms with Crippen molar-refractivity contribution >= 4 is 11.5 Å². The molecule has 0 saturated heterocycles. The summed E-state index contributed by atoms with van der Waals surface area (Å²) in [5.41, 5.74) is 4.05. The predicted molar refractivity (Wildman–Crippen MR) is 94.3 cm³/mol. The van der Waals surface area contributed by atoms with Crippen LogP contribution in [0.1, 0.15) is 62.1 Å². The summed E-state index contributed by atoms with van der Waals surface area (Å²) in [6.45, 7) is 4.49. The van der Waals surface area contributed by atoms with Crippen molar-refractivity contribution in [2.75, 3.05) is 4.90 Å². The topological polar surface area (TPSA) is 33.7 Å². The fourth-order valence-electron chi connectivity index (χ4n) is 5.03. The number of anilines is 1. The van der Waals surface area contributed by atoms with Crippen LogP contribution in [-0.2, 0) is 5.54 Å². The highest BCUT2D eigenvalue weighted by molar-refractivity contribution is 5.62. The molecule has 1 unspecified atom stereocenters. The lowest BCUT2D eigenvalue weighted by Crippen LogP contribution is -2.45. The van der Waals surface area contributed by atoms with Crippen LogP contribution < -0.4 is 4.90 Å². The molecule has 4 nitrogen and oxygen atoms in total. The molecule has 1 atom stereocenters. The minimum absolute atomic E-state index is 0.0328. The van der Waals surface area contributed by atoms with Crippen molar-refractivity contribution in [2.24, 2.45) is 0 Å². The van der Waals surface area contributed by atoms with Gasteiger partial charge in [-0.2, -0.15) is 0 Å². The maximum atomic E-state index is 6.19. The molecule has 1 saturated carbocycles. The molecule has 2 aromatic heterocycles. The van der Waals surface area contributed by atoms with E-state index < -0.39 is 0 Å². The van der Waals surface area contributed by atoms with Gasteiger partial charge in [0.25, 0.3) is 0 Å². The summed E-state index contributed by atoms with van der Waals surface area (Å²) in [5, 5.41) is 0. The van der Waals surface area contributed by atoms with Gasteiger partial charge in [-0.1, -0.05) is 37.5 Å². The van der Waals surface area contributed by atoms with Crippen LogP contribution in [0.2, 0.25) is 0 Å². The summed E-state index contributed by atoms with van der Waals surface area (Å²) in [5.74, 6) is 1.84. The molecule has 3 heterocycles. The van der Waals surface area contributed by atoms with E-state index in [4.69, 9.17) is 4.42 Å². The van der Waals surface area contributed by atoms with Crippen molar-refractivity contribution < 1.29 is 4.42 Å². The molecule has 124 valence electrons. The molecule has 1 spiro atoms. The minimum Gasteiger partial charge on any atom is -0.426 e. The van der Waals surface area contributed by atoms with Gasteiger partial charge in [-0.15, -0.1) is 0 Å². The van der Waals surface area contributed by atoms with E-state index in [1.165, 1.54) is 49.0 Å². The third-order valence-corrected chi connectivity index (χ3v) is 6.01. The number of oxazole rings is 1. The number of fused-ring (bicyclic) bond motifs is 4. The zero-order valence-corrected chi connectivity index (χ0v) is 14.3. The van der Waals surface area contributed by atoms with Crippen molar-refractivity contribution in [3.63, 3.8) is 0 Å². The first kappa shape index (κ1) is 14.1. The zero-order chi connectivity index (χ0) is 16.3. The molecule has 3 aromatic rings. The molecule has 0 N–H and O–H groups in total. The second kappa shape index (κ2) is 4.88. The van der Waals surface area contributed by atoms with E-state index in [-0.39, 0.29) is 11.6 Å². The molecule has 4 heteroatoms. The number of benzene rings is 1. The first-order valence-electron chi connectivity index (χ1n) is 9.03. The standard InChI is InChI=1S/C20H23N3O/c1-14-8-4-5-9-16(14)23-15(2)17-18(20(23)10-6-3-7-11-20)22-13-12-21-19(22)24-17/h4-5,8-9,12-13,15H,3,6-7,10-11H2,1-2H3. The number of aryl methyl sites for hydroxylation is 1. The largest absolute Gasteiger partial charge is 0.426 e. The lowest BCUT2D eigenvalue weighted by molar-refractivity contribution is 0.275. The van der Waals surface area contributed by atoms with Gasteiger partial charge in [0, 0.05) is 18.1 Å². The highest BCUT2D eigenvalue weighted by Crippen LogP contribution is 2.56. The molecule has 0 bridgehead atoms. The van der Waals surface area contributed by atoms with Crippen LogP contribution in [0.5, 0.6) is 0 Å². The number of hydrogen-bond donors (Lipinski definition) is 0. The highest BCUT2D eigenvalue weighted by Gasteiger charge is 2.53. The first-order valence-corrected chi connectivity index (χ1v) is 9.03. The van der Waals surface area contributed by atoms with E-state index >= 15 is 0 Å². The predicted octanol–water partition coefficient (Wildman–Crippen LogP) is 4.98. The van der Waals surface area contributed by atoms with Gasteiger partial charge in [0.05, 0.1) is 17.3 Å². The Kier molecular flexibility index (Phi) is 2.88.